The summed E-state index contributed by atoms with van der Waals surface area (Å²) >= 11 is 0. The minimum atomic E-state index is -0.797. The number of carbonyl (C=O) groups excluding carboxylic acids is 3. The van der Waals surface area contributed by atoms with E-state index >= 15 is 0 Å². The molecule has 0 aliphatic rings. The number of allylic oxidation sites excluding steroid dienone is 16. The van der Waals surface area contributed by atoms with Crippen LogP contribution in [0, 0.1) is 0 Å². The molecule has 0 spiro atoms. The van der Waals surface area contributed by atoms with Crippen LogP contribution in [0.5, 0.6) is 0 Å². The number of unbranched alkanes of at least 4 members (excludes halogenated alkanes) is 32. The van der Waals surface area contributed by atoms with Crippen molar-refractivity contribution in [3.63, 3.8) is 0 Å². The molecule has 1 atom stereocenters. The Labute approximate surface area is 477 Å². The monoisotopic (exact) mass is 1070 g/mol. The van der Waals surface area contributed by atoms with E-state index in [1.54, 1.807) is 0 Å². The first-order valence-electron chi connectivity index (χ1n) is 32.7. The third-order valence-corrected chi connectivity index (χ3v) is 14.1. The van der Waals surface area contributed by atoms with Gasteiger partial charge in [0.15, 0.2) is 6.10 Å². The zero-order chi connectivity index (χ0) is 55.7. The summed E-state index contributed by atoms with van der Waals surface area (Å²) in [5, 5.41) is 0. The van der Waals surface area contributed by atoms with E-state index < -0.39 is 6.10 Å². The van der Waals surface area contributed by atoms with E-state index in [-0.39, 0.29) is 31.1 Å². The van der Waals surface area contributed by atoms with Gasteiger partial charge < -0.3 is 14.2 Å². The number of hydrogen-bond donors (Lipinski definition) is 0. The molecule has 0 aromatic heterocycles. The van der Waals surface area contributed by atoms with Gasteiger partial charge in [0.05, 0.1) is 0 Å². The first-order valence-corrected chi connectivity index (χ1v) is 32.7. The molecule has 6 heteroatoms. The second-order valence-electron chi connectivity index (χ2n) is 21.6. The van der Waals surface area contributed by atoms with Gasteiger partial charge in [0.2, 0.25) is 0 Å². The predicted molar refractivity (Wildman–Crippen MR) is 334 cm³/mol. The van der Waals surface area contributed by atoms with E-state index in [0.29, 0.717) is 19.3 Å². The minimum Gasteiger partial charge on any atom is -0.462 e. The quantitative estimate of drug-likeness (QED) is 0.0261. The topological polar surface area (TPSA) is 78.9 Å². The number of rotatable bonds is 59. The Morgan fingerprint density at radius 3 is 0.818 bits per heavy atom. The third-order valence-electron chi connectivity index (χ3n) is 14.1. The molecule has 0 saturated heterocycles. The lowest BCUT2D eigenvalue weighted by molar-refractivity contribution is -0.167. The van der Waals surface area contributed by atoms with Crippen molar-refractivity contribution in [3.8, 4) is 0 Å². The predicted octanol–water partition coefficient (Wildman–Crippen LogP) is 22.4. The van der Waals surface area contributed by atoms with Crippen LogP contribution < -0.4 is 0 Å². The molecule has 0 radical (unpaired) electrons. The number of ether oxygens (including phenoxy) is 3. The van der Waals surface area contributed by atoms with Gasteiger partial charge in [-0.05, 0) is 96.3 Å². The Kier molecular flexibility index (Phi) is 61.8. The molecular weight excluding hydrogens is 949 g/mol. The average molecular weight is 1070 g/mol. The fourth-order valence-electron chi connectivity index (χ4n) is 9.25. The van der Waals surface area contributed by atoms with Gasteiger partial charge in [-0.1, -0.05) is 298 Å². The van der Waals surface area contributed by atoms with Crippen molar-refractivity contribution in [2.45, 2.75) is 322 Å². The van der Waals surface area contributed by atoms with Crippen molar-refractivity contribution < 1.29 is 28.6 Å². The standard InChI is InChI=1S/C71H122O6/c1-4-7-10-13-16-19-22-25-28-30-32-34-35-37-38-40-43-46-49-52-55-58-61-64-70(73)76-67-68(66-75-69(72)63-60-57-54-51-48-45-42-27-24-21-18-15-12-9-6-3)77-71(74)65-62-59-56-53-50-47-44-41-39-36-33-31-29-26-23-20-17-14-11-8-5-2/h7,9-10,12,16,18-19,21,25,27-28,32,34,42,48,51,68H,4-6,8,11,13-15,17,20,22-24,26,29-31,33,35-41,43-47,49-50,52-67H2,1-3H3/b10-7-,12-9-,19-16-,21-18-,28-25-,34-32-,42-27-,51-48-. The molecule has 0 rings (SSSR count). The van der Waals surface area contributed by atoms with Crippen molar-refractivity contribution in [3.05, 3.63) is 97.2 Å². The molecule has 0 bridgehead atoms. The van der Waals surface area contributed by atoms with Gasteiger partial charge in [0.25, 0.3) is 0 Å². The SMILES string of the molecule is CC/C=C\C/C=C\C/C=C\C/C=C\CCCCCCCCCCCCC(=O)OCC(COC(=O)CCCC/C=C\C/C=C\C/C=C\C/C=C\CC)OC(=O)CCCCCCCCCCCCCCCCCCCCCCC. The Bertz CT molecular complexity index is 1510. The maximum Gasteiger partial charge on any atom is 0.306 e. The molecule has 0 aromatic carbocycles. The second kappa shape index (κ2) is 64.9. The third kappa shape index (κ3) is 63.0. The molecule has 6 nitrogen and oxygen atoms in total. The molecule has 1 unspecified atom stereocenters. The molecule has 0 aliphatic carbocycles. The van der Waals surface area contributed by atoms with Crippen LogP contribution in [0.25, 0.3) is 0 Å². The van der Waals surface area contributed by atoms with Gasteiger partial charge in [0.1, 0.15) is 13.2 Å². The minimum absolute atomic E-state index is 0.0908. The van der Waals surface area contributed by atoms with Crippen LogP contribution >= 0.6 is 0 Å². The van der Waals surface area contributed by atoms with Gasteiger partial charge in [-0.2, -0.15) is 0 Å². The van der Waals surface area contributed by atoms with Gasteiger partial charge in [-0.25, -0.2) is 0 Å². The lowest BCUT2D eigenvalue weighted by Crippen LogP contribution is -2.30. The van der Waals surface area contributed by atoms with Crippen molar-refractivity contribution in [1.82, 2.24) is 0 Å². The fourth-order valence-corrected chi connectivity index (χ4v) is 9.25. The van der Waals surface area contributed by atoms with Crippen LogP contribution in [-0.4, -0.2) is 37.2 Å². The van der Waals surface area contributed by atoms with Crippen molar-refractivity contribution in [1.29, 1.82) is 0 Å². The highest BCUT2D eigenvalue weighted by molar-refractivity contribution is 5.71. The van der Waals surface area contributed by atoms with E-state index in [9.17, 15) is 14.4 Å². The summed E-state index contributed by atoms with van der Waals surface area (Å²) in [6.45, 7) is 6.41. The van der Waals surface area contributed by atoms with Crippen molar-refractivity contribution in [2.75, 3.05) is 13.2 Å². The molecule has 442 valence electrons. The Morgan fingerprint density at radius 2 is 0.506 bits per heavy atom. The normalized spacial score (nSPS) is 12.7. The fraction of sp³-hybridized carbons (Fsp3) is 0.732. The van der Waals surface area contributed by atoms with Gasteiger partial charge in [0, 0.05) is 19.3 Å². The van der Waals surface area contributed by atoms with Crippen LogP contribution in [0.1, 0.15) is 316 Å². The van der Waals surface area contributed by atoms with Crippen LogP contribution in [0.3, 0.4) is 0 Å². The lowest BCUT2D eigenvalue weighted by atomic mass is 10.0. The molecular formula is C71H122O6. The van der Waals surface area contributed by atoms with Gasteiger partial charge in [-0.3, -0.25) is 14.4 Å². The van der Waals surface area contributed by atoms with E-state index in [2.05, 4.69) is 118 Å². The molecule has 0 N–H and O–H groups in total. The van der Waals surface area contributed by atoms with Crippen molar-refractivity contribution >= 4 is 17.9 Å². The summed E-state index contributed by atoms with van der Waals surface area (Å²) in [4.78, 5) is 38.4. The highest BCUT2D eigenvalue weighted by Crippen LogP contribution is 2.17. The molecule has 0 amide bonds. The van der Waals surface area contributed by atoms with Crippen molar-refractivity contribution in [2.24, 2.45) is 0 Å². The maximum atomic E-state index is 12.9. The second-order valence-corrected chi connectivity index (χ2v) is 21.6. The summed E-state index contributed by atoms with van der Waals surface area (Å²) in [6.07, 6.45) is 87.1. The van der Waals surface area contributed by atoms with E-state index in [4.69, 9.17) is 14.2 Å². The summed E-state index contributed by atoms with van der Waals surface area (Å²) in [7, 11) is 0. The summed E-state index contributed by atoms with van der Waals surface area (Å²) < 4.78 is 16.9. The first-order chi connectivity index (χ1) is 38.0. The average Bonchev–Trinajstić information content (AvgIpc) is 3.43. The largest absolute Gasteiger partial charge is 0.462 e. The highest BCUT2D eigenvalue weighted by atomic mass is 16.6. The summed E-state index contributed by atoms with van der Waals surface area (Å²) in [5.74, 6) is -0.924. The van der Waals surface area contributed by atoms with Crippen LogP contribution in [0.4, 0.5) is 0 Å². The van der Waals surface area contributed by atoms with Crippen LogP contribution in [-0.2, 0) is 28.6 Å². The molecule has 0 aromatic rings. The Hall–Kier alpha value is -3.67. The van der Waals surface area contributed by atoms with Gasteiger partial charge >= 0.3 is 17.9 Å². The smallest absolute Gasteiger partial charge is 0.306 e. The highest BCUT2D eigenvalue weighted by Gasteiger charge is 2.19. The Morgan fingerprint density at radius 1 is 0.273 bits per heavy atom. The molecule has 0 fully saturated rings. The molecule has 77 heavy (non-hydrogen) atoms. The van der Waals surface area contributed by atoms with Gasteiger partial charge in [-0.15, -0.1) is 0 Å². The van der Waals surface area contributed by atoms with E-state index in [1.807, 2.05) is 0 Å². The first kappa shape index (κ1) is 73.3. The number of hydrogen-bond acceptors (Lipinski definition) is 6. The zero-order valence-corrected chi connectivity index (χ0v) is 50.7. The summed E-state index contributed by atoms with van der Waals surface area (Å²) in [5.41, 5.74) is 0. The zero-order valence-electron chi connectivity index (χ0n) is 50.7. The van der Waals surface area contributed by atoms with E-state index in [0.717, 1.165) is 109 Å². The van der Waals surface area contributed by atoms with E-state index in [1.165, 1.54) is 167 Å². The lowest BCUT2D eigenvalue weighted by Gasteiger charge is -2.18. The molecule has 0 heterocycles. The maximum absolute atomic E-state index is 12.9. The summed E-state index contributed by atoms with van der Waals surface area (Å²) in [6, 6.07) is 0. The number of carbonyl (C=O) groups is 3. The molecule has 0 aliphatic heterocycles. The Balaban J connectivity index is 4.37. The van der Waals surface area contributed by atoms with Crippen LogP contribution in [0.2, 0.25) is 0 Å². The van der Waals surface area contributed by atoms with Crippen LogP contribution in [0.15, 0.2) is 97.2 Å². The molecule has 0 saturated carbocycles. The number of esters is 3.